The average Bonchev–Trinajstić information content (AvgIpc) is 2.85. The van der Waals surface area contributed by atoms with Gasteiger partial charge in [0.05, 0.1) is 12.2 Å². The Labute approximate surface area is 103 Å². The Hall–Kier alpha value is -0.160. The van der Waals surface area contributed by atoms with E-state index in [1.165, 1.54) is 6.92 Å². The fraction of sp³-hybridized carbons (Fsp3) is 1.00. The SMILES string of the molecule is CCC1O[C@@H](C2(C)CC2C)C(O)C(O)C1(C)O. The van der Waals surface area contributed by atoms with Gasteiger partial charge in [-0.2, -0.15) is 0 Å². The van der Waals surface area contributed by atoms with Gasteiger partial charge in [-0.05, 0) is 31.1 Å². The fourth-order valence-corrected chi connectivity index (χ4v) is 3.15. The van der Waals surface area contributed by atoms with Gasteiger partial charge in [-0.1, -0.05) is 20.8 Å². The van der Waals surface area contributed by atoms with Crippen molar-refractivity contribution in [2.24, 2.45) is 11.3 Å². The van der Waals surface area contributed by atoms with Crippen LogP contribution in [0.15, 0.2) is 0 Å². The second kappa shape index (κ2) is 3.92. The zero-order chi connectivity index (χ0) is 13.0. The first kappa shape index (κ1) is 13.3. The number of rotatable bonds is 2. The molecule has 0 amide bonds. The van der Waals surface area contributed by atoms with Crippen molar-refractivity contribution < 1.29 is 20.1 Å². The number of aliphatic hydroxyl groups excluding tert-OH is 2. The van der Waals surface area contributed by atoms with Gasteiger partial charge in [0.1, 0.15) is 17.8 Å². The van der Waals surface area contributed by atoms with Crippen LogP contribution in [0.2, 0.25) is 0 Å². The van der Waals surface area contributed by atoms with Crippen LogP contribution in [0.1, 0.15) is 40.5 Å². The predicted octanol–water partition coefficient (Wildman–Crippen LogP) is 0.683. The molecule has 0 bridgehead atoms. The second-order valence-electron chi connectivity index (χ2n) is 6.23. The average molecular weight is 244 g/mol. The monoisotopic (exact) mass is 244 g/mol. The molecule has 3 N–H and O–H groups in total. The molecular formula is C13H24O4. The molecule has 0 aromatic rings. The van der Waals surface area contributed by atoms with Crippen LogP contribution in [-0.4, -0.2) is 45.3 Å². The molecule has 0 radical (unpaired) electrons. The largest absolute Gasteiger partial charge is 0.388 e. The Bertz CT molecular complexity index is 300. The van der Waals surface area contributed by atoms with Crippen molar-refractivity contribution in [1.82, 2.24) is 0 Å². The lowest BCUT2D eigenvalue weighted by Crippen LogP contribution is -2.65. The third-order valence-electron chi connectivity index (χ3n) is 4.93. The molecule has 1 saturated carbocycles. The summed E-state index contributed by atoms with van der Waals surface area (Å²) in [4.78, 5) is 0. The van der Waals surface area contributed by atoms with E-state index in [4.69, 9.17) is 4.74 Å². The second-order valence-corrected chi connectivity index (χ2v) is 6.23. The molecular weight excluding hydrogens is 220 g/mol. The summed E-state index contributed by atoms with van der Waals surface area (Å²) >= 11 is 0. The molecule has 0 aromatic carbocycles. The van der Waals surface area contributed by atoms with Crippen LogP contribution in [0.4, 0.5) is 0 Å². The molecule has 7 atom stereocenters. The molecule has 100 valence electrons. The van der Waals surface area contributed by atoms with Crippen LogP contribution in [-0.2, 0) is 4.74 Å². The van der Waals surface area contributed by atoms with Crippen LogP contribution in [0, 0.1) is 11.3 Å². The van der Waals surface area contributed by atoms with Crippen LogP contribution < -0.4 is 0 Å². The third-order valence-corrected chi connectivity index (χ3v) is 4.93. The van der Waals surface area contributed by atoms with E-state index in [1.807, 2.05) is 6.92 Å². The van der Waals surface area contributed by atoms with E-state index in [2.05, 4.69) is 13.8 Å². The lowest BCUT2D eigenvalue weighted by molar-refractivity contribution is -0.276. The summed E-state index contributed by atoms with van der Waals surface area (Å²) < 4.78 is 5.87. The molecule has 1 heterocycles. The Morgan fingerprint density at radius 2 is 1.82 bits per heavy atom. The summed E-state index contributed by atoms with van der Waals surface area (Å²) in [6.45, 7) is 7.64. The number of hydrogen-bond acceptors (Lipinski definition) is 4. The summed E-state index contributed by atoms with van der Waals surface area (Å²) in [6.07, 6.45) is -1.33. The summed E-state index contributed by atoms with van der Waals surface area (Å²) in [5, 5.41) is 30.4. The van der Waals surface area contributed by atoms with Crippen molar-refractivity contribution in [3.63, 3.8) is 0 Å². The van der Waals surface area contributed by atoms with E-state index < -0.39 is 23.9 Å². The maximum atomic E-state index is 10.2. The van der Waals surface area contributed by atoms with Crippen molar-refractivity contribution in [1.29, 1.82) is 0 Å². The van der Waals surface area contributed by atoms with Crippen LogP contribution in [0.3, 0.4) is 0 Å². The highest BCUT2D eigenvalue weighted by Crippen LogP contribution is 2.58. The van der Waals surface area contributed by atoms with Gasteiger partial charge >= 0.3 is 0 Å². The fourth-order valence-electron chi connectivity index (χ4n) is 3.15. The molecule has 0 aromatic heterocycles. The van der Waals surface area contributed by atoms with Gasteiger partial charge in [0, 0.05) is 0 Å². The van der Waals surface area contributed by atoms with Gasteiger partial charge in [0.15, 0.2) is 0 Å². The van der Waals surface area contributed by atoms with Gasteiger partial charge in [0.25, 0.3) is 0 Å². The van der Waals surface area contributed by atoms with Crippen molar-refractivity contribution >= 4 is 0 Å². The first-order chi connectivity index (χ1) is 7.75. The standard InChI is InChI=1S/C13H24O4/c1-5-8-13(4,16)10(15)9(14)11(17-8)12(3)6-7(12)2/h7-11,14-16H,5-6H2,1-4H3/t7?,8?,9?,10?,11-,12?,13?/m1/s1. The Balaban J connectivity index is 2.22. The third kappa shape index (κ3) is 1.82. The Morgan fingerprint density at radius 3 is 2.24 bits per heavy atom. The van der Waals surface area contributed by atoms with Gasteiger partial charge in [-0.15, -0.1) is 0 Å². The van der Waals surface area contributed by atoms with Crippen molar-refractivity contribution in [3.05, 3.63) is 0 Å². The van der Waals surface area contributed by atoms with E-state index >= 15 is 0 Å². The van der Waals surface area contributed by atoms with E-state index in [9.17, 15) is 15.3 Å². The van der Waals surface area contributed by atoms with E-state index in [0.717, 1.165) is 6.42 Å². The van der Waals surface area contributed by atoms with E-state index in [0.29, 0.717) is 12.3 Å². The van der Waals surface area contributed by atoms with Gasteiger partial charge in [-0.25, -0.2) is 0 Å². The quantitative estimate of drug-likeness (QED) is 0.668. The highest BCUT2D eigenvalue weighted by atomic mass is 16.5. The molecule has 2 fully saturated rings. The minimum Gasteiger partial charge on any atom is -0.388 e. The molecule has 6 unspecified atom stereocenters. The molecule has 2 aliphatic rings. The predicted molar refractivity (Wildman–Crippen MR) is 63.5 cm³/mol. The summed E-state index contributed by atoms with van der Waals surface area (Å²) in [6, 6.07) is 0. The van der Waals surface area contributed by atoms with Crippen molar-refractivity contribution in [2.75, 3.05) is 0 Å². The molecule has 1 aliphatic heterocycles. The highest BCUT2D eigenvalue weighted by molar-refractivity contribution is 5.11. The summed E-state index contributed by atoms with van der Waals surface area (Å²) in [5.74, 6) is 0.495. The van der Waals surface area contributed by atoms with Crippen molar-refractivity contribution in [3.8, 4) is 0 Å². The maximum absolute atomic E-state index is 10.2. The molecule has 0 spiro atoms. The number of aliphatic hydroxyl groups is 3. The molecule has 2 rings (SSSR count). The van der Waals surface area contributed by atoms with Crippen LogP contribution >= 0.6 is 0 Å². The highest BCUT2D eigenvalue weighted by Gasteiger charge is 2.62. The normalized spacial score (nSPS) is 59.1. The lowest BCUT2D eigenvalue weighted by atomic mass is 9.78. The minimum absolute atomic E-state index is 0.0652. The van der Waals surface area contributed by atoms with E-state index in [-0.39, 0.29) is 11.5 Å². The Morgan fingerprint density at radius 1 is 1.29 bits per heavy atom. The van der Waals surface area contributed by atoms with E-state index in [1.54, 1.807) is 0 Å². The topological polar surface area (TPSA) is 69.9 Å². The lowest BCUT2D eigenvalue weighted by Gasteiger charge is -2.49. The number of hydrogen-bond donors (Lipinski definition) is 3. The summed E-state index contributed by atoms with van der Waals surface area (Å²) in [7, 11) is 0. The maximum Gasteiger partial charge on any atom is 0.116 e. The van der Waals surface area contributed by atoms with Gasteiger partial charge in [-0.3, -0.25) is 0 Å². The molecule has 1 saturated heterocycles. The van der Waals surface area contributed by atoms with Gasteiger partial charge < -0.3 is 20.1 Å². The number of ether oxygens (including phenoxy) is 1. The first-order valence-electron chi connectivity index (χ1n) is 6.49. The first-order valence-corrected chi connectivity index (χ1v) is 6.49. The molecule has 4 heteroatoms. The smallest absolute Gasteiger partial charge is 0.116 e. The zero-order valence-electron chi connectivity index (χ0n) is 11.1. The van der Waals surface area contributed by atoms with Crippen molar-refractivity contribution in [2.45, 2.75) is 70.6 Å². The van der Waals surface area contributed by atoms with Gasteiger partial charge in [0.2, 0.25) is 0 Å². The summed E-state index contributed by atoms with van der Waals surface area (Å²) in [5.41, 5.74) is -1.44. The molecule has 1 aliphatic carbocycles. The van der Waals surface area contributed by atoms with Crippen LogP contribution in [0.25, 0.3) is 0 Å². The minimum atomic E-state index is -1.38. The van der Waals surface area contributed by atoms with Crippen LogP contribution in [0.5, 0.6) is 0 Å². The zero-order valence-corrected chi connectivity index (χ0v) is 11.1. The Kier molecular flexibility index (Phi) is 3.06. The molecule has 17 heavy (non-hydrogen) atoms. The molecule has 4 nitrogen and oxygen atoms in total.